The van der Waals surface area contributed by atoms with Gasteiger partial charge in [-0.25, -0.2) is 0 Å². The average Bonchev–Trinajstić information content (AvgIpc) is 2.06. The molecule has 0 unspecified atom stereocenters. The summed E-state index contributed by atoms with van der Waals surface area (Å²) in [5.74, 6) is 0. The molecule has 1 aliphatic carbocycles. The maximum absolute atomic E-state index is 6.24. The van der Waals surface area contributed by atoms with Gasteiger partial charge in [-0.1, -0.05) is 26.2 Å². The minimum absolute atomic E-state index is 0.118. The summed E-state index contributed by atoms with van der Waals surface area (Å²) in [6.07, 6.45) is 7.66. The van der Waals surface area contributed by atoms with Gasteiger partial charge in [0, 0.05) is 12.1 Å². The second-order valence-corrected chi connectivity index (χ2v) is 4.10. The van der Waals surface area contributed by atoms with Crippen molar-refractivity contribution in [2.45, 2.75) is 51.0 Å². The van der Waals surface area contributed by atoms with Crippen LogP contribution in [0.25, 0.3) is 0 Å². The van der Waals surface area contributed by atoms with Crippen molar-refractivity contribution in [3.8, 4) is 0 Å². The van der Waals surface area contributed by atoms with E-state index in [2.05, 4.69) is 12.2 Å². The lowest BCUT2D eigenvalue weighted by Gasteiger charge is -2.33. The van der Waals surface area contributed by atoms with E-state index in [0.717, 1.165) is 13.1 Å². The highest BCUT2D eigenvalue weighted by Crippen LogP contribution is 2.24. The van der Waals surface area contributed by atoms with Crippen LogP contribution in [-0.4, -0.2) is 18.6 Å². The van der Waals surface area contributed by atoms with Crippen molar-refractivity contribution in [2.24, 2.45) is 5.73 Å². The lowest BCUT2D eigenvalue weighted by molar-refractivity contribution is 0.284. The van der Waals surface area contributed by atoms with Gasteiger partial charge in [0.05, 0.1) is 0 Å². The monoisotopic (exact) mass is 170 g/mol. The van der Waals surface area contributed by atoms with E-state index in [9.17, 15) is 0 Å². The van der Waals surface area contributed by atoms with Crippen LogP contribution in [0, 0.1) is 0 Å². The summed E-state index contributed by atoms with van der Waals surface area (Å²) in [5, 5.41) is 3.42. The Labute approximate surface area is 75.9 Å². The van der Waals surface area contributed by atoms with Crippen LogP contribution in [0.2, 0.25) is 0 Å². The van der Waals surface area contributed by atoms with Crippen molar-refractivity contribution in [1.82, 2.24) is 5.32 Å². The van der Waals surface area contributed by atoms with E-state index in [4.69, 9.17) is 5.73 Å². The predicted molar refractivity (Wildman–Crippen MR) is 53.2 cm³/mol. The second kappa shape index (κ2) is 4.83. The van der Waals surface area contributed by atoms with Gasteiger partial charge in [-0.05, 0) is 25.8 Å². The summed E-state index contributed by atoms with van der Waals surface area (Å²) >= 11 is 0. The van der Waals surface area contributed by atoms with Crippen LogP contribution in [-0.2, 0) is 0 Å². The SMILES string of the molecule is CCCNCC1(N)CCCCC1. The molecule has 1 rings (SSSR count). The zero-order valence-electron chi connectivity index (χ0n) is 8.23. The van der Waals surface area contributed by atoms with Gasteiger partial charge in [-0.2, -0.15) is 0 Å². The van der Waals surface area contributed by atoms with Crippen LogP contribution >= 0.6 is 0 Å². The summed E-state index contributed by atoms with van der Waals surface area (Å²) < 4.78 is 0. The molecule has 0 atom stereocenters. The van der Waals surface area contributed by atoms with Gasteiger partial charge in [-0.15, -0.1) is 0 Å². The Hall–Kier alpha value is -0.0800. The number of nitrogens with one attached hydrogen (secondary N) is 1. The fourth-order valence-corrected chi connectivity index (χ4v) is 1.95. The third-order valence-corrected chi connectivity index (χ3v) is 2.75. The van der Waals surface area contributed by atoms with Crippen LogP contribution in [0.5, 0.6) is 0 Å². The summed E-state index contributed by atoms with van der Waals surface area (Å²) in [6, 6.07) is 0. The third-order valence-electron chi connectivity index (χ3n) is 2.75. The Morgan fingerprint density at radius 3 is 2.50 bits per heavy atom. The largest absolute Gasteiger partial charge is 0.324 e. The highest BCUT2D eigenvalue weighted by atomic mass is 14.9. The number of hydrogen-bond acceptors (Lipinski definition) is 2. The molecule has 0 bridgehead atoms. The first-order chi connectivity index (χ1) is 5.77. The maximum Gasteiger partial charge on any atom is 0.0280 e. The van der Waals surface area contributed by atoms with Gasteiger partial charge >= 0.3 is 0 Å². The maximum atomic E-state index is 6.24. The quantitative estimate of drug-likeness (QED) is 0.630. The molecule has 0 amide bonds. The van der Waals surface area contributed by atoms with Gasteiger partial charge in [0.2, 0.25) is 0 Å². The lowest BCUT2D eigenvalue weighted by Crippen LogP contribution is -2.50. The number of rotatable bonds is 4. The smallest absolute Gasteiger partial charge is 0.0280 e. The van der Waals surface area contributed by atoms with Crippen molar-refractivity contribution in [3.05, 3.63) is 0 Å². The van der Waals surface area contributed by atoms with Crippen molar-refractivity contribution >= 4 is 0 Å². The Kier molecular flexibility index (Phi) is 4.02. The zero-order chi connectivity index (χ0) is 8.86. The van der Waals surface area contributed by atoms with Crippen LogP contribution in [0.1, 0.15) is 45.4 Å². The van der Waals surface area contributed by atoms with Crippen molar-refractivity contribution in [1.29, 1.82) is 0 Å². The van der Waals surface area contributed by atoms with Gasteiger partial charge < -0.3 is 11.1 Å². The Morgan fingerprint density at radius 1 is 1.25 bits per heavy atom. The molecule has 0 aromatic carbocycles. The molecule has 72 valence electrons. The fraction of sp³-hybridized carbons (Fsp3) is 1.00. The number of hydrogen-bond donors (Lipinski definition) is 2. The molecule has 0 spiro atoms. The van der Waals surface area contributed by atoms with E-state index in [1.54, 1.807) is 0 Å². The van der Waals surface area contributed by atoms with Crippen LogP contribution < -0.4 is 11.1 Å². The summed E-state index contributed by atoms with van der Waals surface area (Å²) in [4.78, 5) is 0. The molecule has 2 heteroatoms. The Bertz CT molecular complexity index is 117. The molecular weight excluding hydrogens is 148 g/mol. The average molecular weight is 170 g/mol. The summed E-state index contributed by atoms with van der Waals surface area (Å²) in [7, 11) is 0. The molecule has 2 nitrogen and oxygen atoms in total. The molecule has 0 heterocycles. The second-order valence-electron chi connectivity index (χ2n) is 4.10. The van der Waals surface area contributed by atoms with Gasteiger partial charge in [0.25, 0.3) is 0 Å². The normalized spacial score (nSPS) is 22.5. The molecule has 12 heavy (non-hydrogen) atoms. The molecule has 1 aliphatic rings. The minimum Gasteiger partial charge on any atom is -0.324 e. The molecule has 0 aromatic heterocycles. The molecule has 0 radical (unpaired) electrons. The topological polar surface area (TPSA) is 38.0 Å². The standard InChI is InChI=1S/C10H22N2/c1-2-8-12-9-10(11)6-4-3-5-7-10/h12H,2-9,11H2,1H3. The van der Waals surface area contributed by atoms with E-state index in [0.29, 0.717) is 0 Å². The first-order valence-corrected chi connectivity index (χ1v) is 5.26. The lowest BCUT2D eigenvalue weighted by atomic mass is 9.82. The molecule has 1 saturated carbocycles. The van der Waals surface area contributed by atoms with Crippen molar-refractivity contribution < 1.29 is 0 Å². The molecule has 3 N–H and O–H groups in total. The summed E-state index contributed by atoms with van der Waals surface area (Å²) in [5.41, 5.74) is 6.36. The summed E-state index contributed by atoms with van der Waals surface area (Å²) in [6.45, 7) is 4.32. The Morgan fingerprint density at radius 2 is 1.92 bits per heavy atom. The first kappa shape index (κ1) is 10.0. The Balaban J connectivity index is 2.17. The number of nitrogens with two attached hydrogens (primary N) is 1. The molecule has 0 aliphatic heterocycles. The highest BCUT2D eigenvalue weighted by molar-refractivity contribution is 4.88. The molecule has 0 aromatic rings. The molecule has 1 fully saturated rings. The van der Waals surface area contributed by atoms with Gasteiger partial charge in [0.15, 0.2) is 0 Å². The van der Waals surface area contributed by atoms with E-state index in [-0.39, 0.29) is 5.54 Å². The highest BCUT2D eigenvalue weighted by Gasteiger charge is 2.26. The van der Waals surface area contributed by atoms with Gasteiger partial charge in [0.1, 0.15) is 0 Å². The van der Waals surface area contributed by atoms with Crippen molar-refractivity contribution in [2.75, 3.05) is 13.1 Å². The van der Waals surface area contributed by atoms with E-state index in [1.165, 1.54) is 38.5 Å². The van der Waals surface area contributed by atoms with Crippen LogP contribution in [0.15, 0.2) is 0 Å². The molecular formula is C10H22N2. The van der Waals surface area contributed by atoms with E-state index >= 15 is 0 Å². The molecule has 0 saturated heterocycles. The first-order valence-electron chi connectivity index (χ1n) is 5.26. The van der Waals surface area contributed by atoms with E-state index < -0.39 is 0 Å². The third kappa shape index (κ3) is 3.11. The zero-order valence-corrected chi connectivity index (χ0v) is 8.23. The van der Waals surface area contributed by atoms with Crippen LogP contribution in [0.4, 0.5) is 0 Å². The van der Waals surface area contributed by atoms with E-state index in [1.807, 2.05) is 0 Å². The fourth-order valence-electron chi connectivity index (χ4n) is 1.95. The minimum atomic E-state index is 0.118. The van der Waals surface area contributed by atoms with Crippen molar-refractivity contribution in [3.63, 3.8) is 0 Å². The van der Waals surface area contributed by atoms with Gasteiger partial charge in [-0.3, -0.25) is 0 Å². The van der Waals surface area contributed by atoms with Crippen LogP contribution in [0.3, 0.4) is 0 Å². The predicted octanol–water partition coefficient (Wildman–Crippen LogP) is 1.65.